The molecular formula is C19H29FO12. The molecule has 13 heteroatoms. The number of carbonyl (C=O) groups excluding carboxylic acids is 4. The van der Waals surface area contributed by atoms with Crippen LogP contribution >= 0.6 is 0 Å². The van der Waals surface area contributed by atoms with E-state index in [1.807, 2.05) is 0 Å². The van der Waals surface area contributed by atoms with Crippen LogP contribution < -0.4 is 0 Å². The van der Waals surface area contributed by atoms with E-state index in [4.69, 9.17) is 18.9 Å². The highest BCUT2D eigenvalue weighted by molar-refractivity contribution is 6.03. The maximum absolute atomic E-state index is 15.2. The van der Waals surface area contributed by atoms with Gasteiger partial charge >= 0.3 is 29.5 Å². The zero-order valence-corrected chi connectivity index (χ0v) is 18.3. The second-order valence-electron chi connectivity index (χ2n) is 6.73. The molecule has 0 aliphatic carbocycles. The molecule has 0 saturated carbocycles. The van der Waals surface area contributed by atoms with Crippen LogP contribution in [-0.2, 0) is 47.6 Å². The third-order valence-electron chi connectivity index (χ3n) is 4.33. The van der Waals surface area contributed by atoms with Gasteiger partial charge < -0.3 is 38.6 Å². The Hall–Kier alpha value is -2.35. The number of carbonyl (C=O) groups is 4. The molecule has 1 aliphatic rings. The van der Waals surface area contributed by atoms with E-state index in [-0.39, 0.29) is 13.2 Å². The molecule has 5 atom stereocenters. The molecule has 1 rings (SSSR count). The number of halogens is 1. The minimum absolute atomic E-state index is 0.189. The van der Waals surface area contributed by atoms with E-state index in [1.165, 1.54) is 13.8 Å². The predicted octanol–water partition coefficient (Wildman–Crippen LogP) is -0.831. The van der Waals surface area contributed by atoms with E-state index in [9.17, 15) is 29.4 Å². The summed E-state index contributed by atoms with van der Waals surface area (Å²) < 4.78 is 45.2. The van der Waals surface area contributed by atoms with Gasteiger partial charge in [-0.25, -0.2) is 14.0 Å². The lowest BCUT2D eigenvalue weighted by Gasteiger charge is -2.42. The van der Waals surface area contributed by atoms with Crippen LogP contribution in [0.3, 0.4) is 0 Å². The SMILES string of the molecule is CCOC(=O)C(F)(CCOC1O[C@H](CO)[C@@H](O)[C@H](OC(C)=O)[C@H]1OC(C)=O)C(=O)OCC. The molecule has 0 amide bonds. The van der Waals surface area contributed by atoms with Crippen molar-refractivity contribution >= 4 is 23.9 Å². The van der Waals surface area contributed by atoms with Gasteiger partial charge in [0.05, 0.1) is 26.4 Å². The van der Waals surface area contributed by atoms with E-state index in [0.29, 0.717) is 0 Å². The molecule has 12 nitrogen and oxygen atoms in total. The minimum atomic E-state index is -3.18. The lowest BCUT2D eigenvalue weighted by molar-refractivity contribution is -0.306. The first-order valence-electron chi connectivity index (χ1n) is 9.95. The lowest BCUT2D eigenvalue weighted by atomic mass is 9.98. The van der Waals surface area contributed by atoms with Crippen molar-refractivity contribution in [1.29, 1.82) is 0 Å². The van der Waals surface area contributed by atoms with E-state index < -0.39 is 79.9 Å². The maximum Gasteiger partial charge on any atom is 0.355 e. The van der Waals surface area contributed by atoms with Crippen LogP contribution in [0.4, 0.5) is 4.39 Å². The molecule has 0 bridgehead atoms. The van der Waals surface area contributed by atoms with Crippen molar-refractivity contribution in [2.45, 2.75) is 70.5 Å². The van der Waals surface area contributed by atoms with Gasteiger partial charge in [0.1, 0.15) is 12.2 Å². The predicted molar refractivity (Wildman–Crippen MR) is 101 cm³/mol. The first-order valence-corrected chi connectivity index (χ1v) is 9.95. The monoisotopic (exact) mass is 468 g/mol. The summed E-state index contributed by atoms with van der Waals surface area (Å²) in [5.74, 6) is -4.60. The summed E-state index contributed by atoms with van der Waals surface area (Å²) in [6.45, 7) is 3.20. The zero-order chi connectivity index (χ0) is 24.5. The highest BCUT2D eigenvalue weighted by Gasteiger charge is 2.52. The van der Waals surface area contributed by atoms with E-state index in [1.54, 1.807) is 0 Å². The van der Waals surface area contributed by atoms with Crippen LogP contribution in [0.1, 0.15) is 34.1 Å². The Balaban J connectivity index is 3.05. The summed E-state index contributed by atoms with van der Waals surface area (Å²) in [6.07, 6.45) is -8.24. The third-order valence-corrected chi connectivity index (χ3v) is 4.33. The topological polar surface area (TPSA) is 164 Å². The summed E-state index contributed by atoms with van der Waals surface area (Å²) in [5, 5.41) is 19.8. The summed E-state index contributed by atoms with van der Waals surface area (Å²) in [6, 6.07) is 0. The number of aliphatic hydroxyl groups is 2. The first-order chi connectivity index (χ1) is 15.0. The van der Waals surface area contributed by atoms with Crippen LogP contribution in [-0.4, -0.2) is 96.9 Å². The van der Waals surface area contributed by atoms with Crippen molar-refractivity contribution in [2.75, 3.05) is 26.4 Å². The number of rotatable bonds is 11. The molecule has 184 valence electrons. The molecule has 0 aromatic heterocycles. The van der Waals surface area contributed by atoms with Gasteiger partial charge in [-0.05, 0) is 13.8 Å². The van der Waals surface area contributed by atoms with Crippen molar-refractivity contribution in [2.24, 2.45) is 0 Å². The largest absolute Gasteiger partial charge is 0.463 e. The number of hydrogen-bond donors (Lipinski definition) is 2. The molecule has 0 aromatic carbocycles. The van der Waals surface area contributed by atoms with Crippen LogP contribution in [0.15, 0.2) is 0 Å². The minimum Gasteiger partial charge on any atom is -0.463 e. The summed E-state index contributed by atoms with van der Waals surface area (Å²) in [7, 11) is 0. The fourth-order valence-corrected chi connectivity index (χ4v) is 2.91. The lowest BCUT2D eigenvalue weighted by Crippen LogP contribution is -2.61. The van der Waals surface area contributed by atoms with E-state index >= 15 is 4.39 Å². The molecule has 0 radical (unpaired) electrons. The molecule has 1 aliphatic heterocycles. The van der Waals surface area contributed by atoms with Crippen LogP contribution in [0.2, 0.25) is 0 Å². The Kier molecular flexibility index (Phi) is 10.9. The van der Waals surface area contributed by atoms with Gasteiger partial charge in [0.15, 0.2) is 18.5 Å². The second kappa shape index (κ2) is 12.6. The first kappa shape index (κ1) is 27.7. The quantitative estimate of drug-likeness (QED) is 0.220. The average Bonchev–Trinajstić information content (AvgIpc) is 2.71. The van der Waals surface area contributed by atoms with Gasteiger partial charge in [0, 0.05) is 20.3 Å². The molecule has 0 spiro atoms. The van der Waals surface area contributed by atoms with Crippen LogP contribution in [0.5, 0.6) is 0 Å². The van der Waals surface area contributed by atoms with Gasteiger partial charge in [-0.1, -0.05) is 0 Å². The summed E-state index contributed by atoms with van der Waals surface area (Å²) >= 11 is 0. The Morgan fingerprint density at radius 3 is 1.91 bits per heavy atom. The van der Waals surface area contributed by atoms with E-state index in [0.717, 1.165) is 13.8 Å². The Bertz CT molecular complexity index is 651. The number of esters is 4. The number of ether oxygens (including phenoxy) is 6. The molecule has 1 unspecified atom stereocenters. The molecule has 32 heavy (non-hydrogen) atoms. The Morgan fingerprint density at radius 2 is 1.47 bits per heavy atom. The van der Waals surface area contributed by atoms with Crippen LogP contribution in [0, 0.1) is 0 Å². The Morgan fingerprint density at radius 1 is 0.969 bits per heavy atom. The third kappa shape index (κ3) is 7.08. The highest BCUT2D eigenvalue weighted by Crippen LogP contribution is 2.28. The number of hydrogen-bond acceptors (Lipinski definition) is 12. The normalized spacial score (nSPS) is 25.5. The van der Waals surface area contributed by atoms with Gasteiger partial charge in [0.25, 0.3) is 0 Å². The molecule has 0 aromatic rings. The van der Waals surface area contributed by atoms with Gasteiger partial charge in [-0.15, -0.1) is 0 Å². The summed E-state index contributed by atoms with van der Waals surface area (Å²) in [4.78, 5) is 47.0. The fourth-order valence-electron chi connectivity index (χ4n) is 2.91. The molecular weight excluding hydrogens is 439 g/mol. The smallest absolute Gasteiger partial charge is 0.355 e. The molecule has 1 heterocycles. The Labute approximate surface area is 183 Å². The standard InChI is InChI=1S/C19H29FO12/c1-5-27-17(25)19(20,18(26)28-6-2)7-8-29-16-15(31-11(4)23)14(30-10(3)22)13(24)12(9-21)32-16/h12-16,21,24H,5-9H2,1-4H3/t12-,13-,14+,15-,16?/m1/s1. The van der Waals surface area contributed by atoms with E-state index in [2.05, 4.69) is 9.47 Å². The number of aliphatic hydroxyl groups excluding tert-OH is 2. The molecule has 1 saturated heterocycles. The number of alkyl halides is 1. The van der Waals surface area contributed by atoms with Crippen molar-refractivity contribution < 1.29 is 62.2 Å². The van der Waals surface area contributed by atoms with Crippen molar-refractivity contribution in [3.63, 3.8) is 0 Å². The fraction of sp³-hybridized carbons (Fsp3) is 0.789. The highest BCUT2D eigenvalue weighted by atomic mass is 19.1. The van der Waals surface area contributed by atoms with Crippen molar-refractivity contribution in [1.82, 2.24) is 0 Å². The maximum atomic E-state index is 15.2. The van der Waals surface area contributed by atoms with Gasteiger partial charge in [-0.3, -0.25) is 9.59 Å². The second-order valence-corrected chi connectivity index (χ2v) is 6.73. The van der Waals surface area contributed by atoms with Crippen molar-refractivity contribution in [3.8, 4) is 0 Å². The van der Waals surface area contributed by atoms with Gasteiger partial charge in [-0.2, -0.15) is 0 Å². The average molecular weight is 468 g/mol. The van der Waals surface area contributed by atoms with Gasteiger partial charge in [0.2, 0.25) is 0 Å². The zero-order valence-electron chi connectivity index (χ0n) is 18.3. The van der Waals surface area contributed by atoms with Crippen molar-refractivity contribution in [3.05, 3.63) is 0 Å². The summed E-state index contributed by atoms with van der Waals surface area (Å²) in [5.41, 5.74) is -3.18. The van der Waals surface area contributed by atoms with Crippen LogP contribution in [0.25, 0.3) is 0 Å². The molecule has 2 N–H and O–H groups in total. The molecule has 1 fully saturated rings.